The molecule has 2 rings (SSSR count). The summed E-state index contributed by atoms with van der Waals surface area (Å²) in [5.41, 5.74) is 1.06. The predicted octanol–water partition coefficient (Wildman–Crippen LogP) is 2.09. The summed E-state index contributed by atoms with van der Waals surface area (Å²) in [6, 6.07) is 6.00. The predicted molar refractivity (Wildman–Crippen MR) is 61.9 cm³/mol. The van der Waals surface area contributed by atoms with E-state index in [9.17, 15) is 0 Å². The zero-order valence-corrected chi connectivity index (χ0v) is 9.73. The molecular weight excluding hydrogens is 202 g/mol. The molecule has 0 aliphatic rings. The van der Waals surface area contributed by atoms with Gasteiger partial charge in [-0.1, -0.05) is 0 Å². The third-order valence-corrected chi connectivity index (χ3v) is 2.42. The normalized spacial score (nSPS) is 10.9. The molecular formula is C12H17N3O. The molecule has 0 saturated carbocycles. The molecule has 0 aromatic carbocycles. The summed E-state index contributed by atoms with van der Waals surface area (Å²) in [5.74, 6) is 1.92. The summed E-state index contributed by atoms with van der Waals surface area (Å²) in [6.45, 7) is 6.46. The van der Waals surface area contributed by atoms with Gasteiger partial charge < -0.3 is 9.73 Å². The summed E-state index contributed by atoms with van der Waals surface area (Å²) in [4.78, 5) is 0. The van der Waals surface area contributed by atoms with E-state index in [0.29, 0.717) is 0 Å². The Morgan fingerprint density at radius 3 is 2.81 bits per heavy atom. The topological polar surface area (TPSA) is 43.0 Å². The van der Waals surface area contributed by atoms with Crippen molar-refractivity contribution in [2.75, 3.05) is 0 Å². The Labute approximate surface area is 95.3 Å². The summed E-state index contributed by atoms with van der Waals surface area (Å²) < 4.78 is 7.38. The van der Waals surface area contributed by atoms with Gasteiger partial charge in [0.2, 0.25) is 0 Å². The summed E-state index contributed by atoms with van der Waals surface area (Å²) in [6.07, 6.45) is 1.99. The monoisotopic (exact) mass is 219 g/mol. The van der Waals surface area contributed by atoms with Gasteiger partial charge in [0, 0.05) is 19.3 Å². The van der Waals surface area contributed by atoms with Gasteiger partial charge in [-0.3, -0.25) is 4.68 Å². The maximum absolute atomic E-state index is 5.46. The molecule has 86 valence electrons. The minimum absolute atomic E-state index is 0.743. The van der Waals surface area contributed by atoms with E-state index < -0.39 is 0 Å². The summed E-state index contributed by atoms with van der Waals surface area (Å²) in [5, 5.41) is 7.69. The Kier molecular flexibility index (Phi) is 3.41. The van der Waals surface area contributed by atoms with E-state index in [4.69, 9.17) is 4.42 Å². The third-order valence-electron chi connectivity index (χ3n) is 2.42. The van der Waals surface area contributed by atoms with Crippen molar-refractivity contribution in [1.82, 2.24) is 15.1 Å². The number of nitrogens with one attached hydrogen (secondary N) is 1. The molecule has 2 aromatic heterocycles. The van der Waals surface area contributed by atoms with Gasteiger partial charge in [-0.15, -0.1) is 0 Å². The van der Waals surface area contributed by atoms with Gasteiger partial charge >= 0.3 is 0 Å². The van der Waals surface area contributed by atoms with Crippen LogP contribution in [0.15, 0.2) is 28.8 Å². The quantitative estimate of drug-likeness (QED) is 0.837. The molecule has 4 nitrogen and oxygen atoms in total. The second kappa shape index (κ2) is 4.99. The second-order valence-corrected chi connectivity index (χ2v) is 3.78. The minimum atomic E-state index is 0.743. The first kappa shape index (κ1) is 11.0. The lowest BCUT2D eigenvalue weighted by Gasteiger charge is -1.99. The fraction of sp³-hybridized carbons (Fsp3) is 0.417. The highest BCUT2D eigenvalue weighted by molar-refractivity contribution is 5.05. The van der Waals surface area contributed by atoms with Crippen LogP contribution in [-0.2, 0) is 19.6 Å². The van der Waals surface area contributed by atoms with E-state index in [1.165, 1.54) is 0 Å². The molecule has 0 fully saturated rings. The first-order valence-corrected chi connectivity index (χ1v) is 5.56. The molecule has 1 N–H and O–H groups in total. The van der Waals surface area contributed by atoms with Crippen molar-refractivity contribution in [3.05, 3.63) is 41.6 Å². The number of aryl methyl sites for hydroxylation is 2. The molecule has 0 radical (unpaired) electrons. The van der Waals surface area contributed by atoms with Crippen LogP contribution in [0.1, 0.15) is 24.1 Å². The van der Waals surface area contributed by atoms with Crippen molar-refractivity contribution in [1.29, 1.82) is 0 Å². The highest BCUT2D eigenvalue weighted by atomic mass is 16.3. The van der Waals surface area contributed by atoms with Crippen LogP contribution >= 0.6 is 0 Å². The SMILES string of the molecule is CCn1ccc(CNCc2ccc(C)o2)n1. The van der Waals surface area contributed by atoms with Crippen molar-refractivity contribution < 1.29 is 4.42 Å². The Morgan fingerprint density at radius 1 is 1.31 bits per heavy atom. The minimum Gasteiger partial charge on any atom is -0.465 e. The van der Waals surface area contributed by atoms with E-state index in [0.717, 1.165) is 36.8 Å². The Balaban J connectivity index is 1.79. The van der Waals surface area contributed by atoms with E-state index in [1.807, 2.05) is 36.0 Å². The van der Waals surface area contributed by atoms with E-state index >= 15 is 0 Å². The van der Waals surface area contributed by atoms with Crippen LogP contribution in [0.3, 0.4) is 0 Å². The number of hydrogen-bond acceptors (Lipinski definition) is 3. The van der Waals surface area contributed by atoms with Crippen LogP contribution in [-0.4, -0.2) is 9.78 Å². The van der Waals surface area contributed by atoms with E-state index in [2.05, 4.69) is 17.3 Å². The number of hydrogen-bond donors (Lipinski definition) is 1. The largest absolute Gasteiger partial charge is 0.465 e. The number of furan rings is 1. The highest BCUT2D eigenvalue weighted by Crippen LogP contribution is 2.05. The smallest absolute Gasteiger partial charge is 0.117 e. The zero-order valence-electron chi connectivity index (χ0n) is 9.73. The maximum atomic E-state index is 5.46. The van der Waals surface area contributed by atoms with Crippen molar-refractivity contribution in [2.45, 2.75) is 33.5 Å². The fourth-order valence-corrected chi connectivity index (χ4v) is 1.57. The van der Waals surface area contributed by atoms with Gasteiger partial charge in [0.15, 0.2) is 0 Å². The van der Waals surface area contributed by atoms with Crippen LogP contribution in [0.5, 0.6) is 0 Å². The first-order valence-electron chi connectivity index (χ1n) is 5.56. The Morgan fingerprint density at radius 2 is 2.19 bits per heavy atom. The van der Waals surface area contributed by atoms with Crippen LogP contribution in [0, 0.1) is 6.92 Å². The van der Waals surface area contributed by atoms with Gasteiger partial charge in [0.05, 0.1) is 12.2 Å². The second-order valence-electron chi connectivity index (χ2n) is 3.78. The van der Waals surface area contributed by atoms with Gasteiger partial charge in [-0.2, -0.15) is 5.10 Å². The summed E-state index contributed by atoms with van der Waals surface area (Å²) in [7, 11) is 0. The van der Waals surface area contributed by atoms with Crippen LogP contribution in [0.4, 0.5) is 0 Å². The number of aromatic nitrogens is 2. The zero-order chi connectivity index (χ0) is 11.4. The molecule has 2 heterocycles. The average Bonchev–Trinajstić information content (AvgIpc) is 2.88. The van der Waals surface area contributed by atoms with Gasteiger partial charge in [0.1, 0.15) is 11.5 Å². The van der Waals surface area contributed by atoms with Crippen molar-refractivity contribution in [3.63, 3.8) is 0 Å². The van der Waals surface area contributed by atoms with Crippen LogP contribution < -0.4 is 5.32 Å². The van der Waals surface area contributed by atoms with Crippen molar-refractivity contribution in [2.24, 2.45) is 0 Å². The van der Waals surface area contributed by atoms with Gasteiger partial charge in [-0.05, 0) is 32.0 Å². The fourth-order valence-electron chi connectivity index (χ4n) is 1.57. The molecule has 0 aliphatic heterocycles. The first-order chi connectivity index (χ1) is 7.78. The van der Waals surface area contributed by atoms with Crippen LogP contribution in [0.2, 0.25) is 0 Å². The molecule has 0 bridgehead atoms. The van der Waals surface area contributed by atoms with Crippen molar-refractivity contribution >= 4 is 0 Å². The lowest BCUT2D eigenvalue weighted by atomic mass is 10.4. The molecule has 0 saturated heterocycles. The molecule has 0 amide bonds. The maximum Gasteiger partial charge on any atom is 0.117 e. The molecule has 0 atom stereocenters. The number of rotatable bonds is 5. The summed E-state index contributed by atoms with van der Waals surface area (Å²) >= 11 is 0. The average molecular weight is 219 g/mol. The van der Waals surface area contributed by atoms with Crippen molar-refractivity contribution in [3.8, 4) is 0 Å². The van der Waals surface area contributed by atoms with Crippen LogP contribution in [0.25, 0.3) is 0 Å². The number of nitrogens with zero attached hydrogens (tertiary/aromatic N) is 2. The van der Waals surface area contributed by atoms with E-state index in [-0.39, 0.29) is 0 Å². The molecule has 0 aliphatic carbocycles. The van der Waals surface area contributed by atoms with Gasteiger partial charge in [-0.25, -0.2) is 0 Å². The molecule has 16 heavy (non-hydrogen) atoms. The van der Waals surface area contributed by atoms with E-state index in [1.54, 1.807) is 0 Å². The Bertz CT molecular complexity index is 445. The highest BCUT2D eigenvalue weighted by Gasteiger charge is 2.00. The Hall–Kier alpha value is -1.55. The third kappa shape index (κ3) is 2.73. The standard InChI is InChI=1S/C12H17N3O/c1-3-15-7-6-11(14-15)8-13-9-12-5-4-10(2)16-12/h4-7,13H,3,8-9H2,1-2H3. The lowest BCUT2D eigenvalue weighted by Crippen LogP contribution is -2.12. The molecule has 0 spiro atoms. The molecule has 0 unspecified atom stereocenters. The van der Waals surface area contributed by atoms with Gasteiger partial charge in [0.25, 0.3) is 0 Å². The lowest BCUT2D eigenvalue weighted by molar-refractivity contribution is 0.460. The molecule has 2 aromatic rings. The molecule has 4 heteroatoms.